The van der Waals surface area contributed by atoms with Crippen LogP contribution >= 0.6 is 0 Å². The standard InChI is InChI=1S/C15H34N2/c1-9-16-13(15(5,6)17(7)8)11-10-12-14(2,3)4/h13,16H,9-12H2,1-8H3. The van der Waals surface area contributed by atoms with Crippen LogP contribution in [0.25, 0.3) is 0 Å². The van der Waals surface area contributed by atoms with E-state index in [-0.39, 0.29) is 5.54 Å². The number of hydrogen-bond acceptors (Lipinski definition) is 2. The molecular formula is C15H34N2. The van der Waals surface area contributed by atoms with Crippen LogP contribution in [-0.2, 0) is 0 Å². The fourth-order valence-electron chi connectivity index (χ4n) is 2.10. The largest absolute Gasteiger partial charge is 0.312 e. The maximum atomic E-state index is 3.65. The van der Waals surface area contributed by atoms with Gasteiger partial charge in [-0.15, -0.1) is 0 Å². The van der Waals surface area contributed by atoms with Gasteiger partial charge in [0.2, 0.25) is 0 Å². The summed E-state index contributed by atoms with van der Waals surface area (Å²) in [6.07, 6.45) is 3.87. The first-order valence-electron chi connectivity index (χ1n) is 7.02. The first kappa shape index (κ1) is 16.9. The first-order valence-corrected chi connectivity index (χ1v) is 7.02. The highest BCUT2D eigenvalue weighted by Crippen LogP contribution is 2.25. The Kier molecular flexibility index (Phi) is 6.71. The third-order valence-electron chi connectivity index (χ3n) is 3.88. The van der Waals surface area contributed by atoms with Crippen LogP contribution in [0.4, 0.5) is 0 Å². The molecule has 0 fully saturated rings. The Balaban J connectivity index is 4.34. The van der Waals surface area contributed by atoms with E-state index in [0.717, 1.165) is 6.54 Å². The van der Waals surface area contributed by atoms with Crippen LogP contribution in [0.3, 0.4) is 0 Å². The van der Waals surface area contributed by atoms with E-state index in [4.69, 9.17) is 0 Å². The second-order valence-corrected chi connectivity index (χ2v) is 7.11. The molecule has 2 nitrogen and oxygen atoms in total. The number of rotatable bonds is 7. The van der Waals surface area contributed by atoms with Crippen LogP contribution in [0, 0.1) is 5.41 Å². The van der Waals surface area contributed by atoms with Gasteiger partial charge in [0.1, 0.15) is 0 Å². The van der Waals surface area contributed by atoms with E-state index in [9.17, 15) is 0 Å². The molecule has 0 spiro atoms. The van der Waals surface area contributed by atoms with Gasteiger partial charge in [-0.1, -0.05) is 34.1 Å². The molecule has 0 aromatic carbocycles. The van der Waals surface area contributed by atoms with Crippen molar-refractivity contribution in [2.45, 2.75) is 72.4 Å². The molecule has 0 amide bonds. The molecule has 1 N–H and O–H groups in total. The predicted octanol–water partition coefficient (Wildman–Crippen LogP) is 3.52. The zero-order valence-corrected chi connectivity index (χ0v) is 13.4. The molecule has 0 bridgehead atoms. The minimum absolute atomic E-state index is 0.216. The molecule has 17 heavy (non-hydrogen) atoms. The predicted molar refractivity (Wildman–Crippen MR) is 78.5 cm³/mol. The van der Waals surface area contributed by atoms with Crippen molar-refractivity contribution in [1.29, 1.82) is 0 Å². The van der Waals surface area contributed by atoms with E-state index in [0.29, 0.717) is 11.5 Å². The van der Waals surface area contributed by atoms with Crippen molar-refractivity contribution >= 4 is 0 Å². The molecule has 0 saturated heterocycles. The lowest BCUT2D eigenvalue weighted by molar-refractivity contribution is 0.129. The quantitative estimate of drug-likeness (QED) is 0.735. The van der Waals surface area contributed by atoms with Crippen molar-refractivity contribution in [3.8, 4) is 0 Å². The molecule has 1 atom stereocenters. The van der Waals surface area contributed by atoms with Gasteiger partial charge >= 0.3 is 0 Å². The molecular weight excluding hydrogens is 208 g/mol. The Bertz CT molecular complexity index is 201. The molecule has 0 aromatic heterocycles. The van der Waals surface area contributed by atoms with Gasteiger partial charge in [-0.2, -0.15) is 0 Å². The zero-order valence-electron chi connectivity index (χ0n) is 13.4. The maximum Gasteiger partial charge on any atom is 0.0300 e. The van der Waals surface area contributed by atoms with Crippen molar-refractivity contribution in [3.05, 3.63) is 0 Å². The summed E-state index contributed by atoms with van der Waals surface area (Å²) in [5.74, 6) is 0. The van der Waals surface area contributed by atoms with E-state index in [2.05, 4.69) is 65.9 Å². The molecule has 0 rings (SSSR count). The molecule has 0 aliphatic rings. The minimum Gasteiger partial charge on any atom is -0.312 e. The fraction of sp³-hybridized carbons (Fsp3) is 1.00. The molecule has 0 aromatic rings. The van der Waals surface area contributed by atoms with Crippen LogP contribution < -0.4 is 5.32 Å². The third-order valence-corrected chi connectivity index (χ3v) is 3.88. The van der Waals surface area contributed by atoms with E-state index < -0.39 is 0 Å². The molecule has 104 valence electrons. The Hall–Kier alpha value is -0.0800. The molecule has 0 aliphatic heterocycles. The molecule has 0 saturated carbocycles. The van der Waals surface area contributed by atoms with Crippen LogP contribution in [0.2, 0.25) is 0 Å². The van der Waals surface area contributed by atoms with Gasteiger partial charge in [-0.25, -0.2) is 0 Å². The number of nitrogens with one attached hydrogen (secondary N) is 1. The Morgan fingerprint density at radius 1 is 1.06 bits per heavy atom. The Morgan fingerprint density at radius 3 is 1.94 bits per heavy atom. The van der Waals surface area contributed by atoms with Gasteiger partial charge in [0, 0.05) is 11.6 Å². The normalized spacial score (nSPS) is 15.4. The van der Waals surface area contributed by atoms with Crippen LogP contribution in [-0.4, -0.2) is 37.1 Å². The number of likely N-dealkylation sites (N-methyl/N-ethyl adjacent to an activating group) is 2. The summed E-state index contributed by atoms with van der Waals surface area (Å²) in [5, 5.41) is 3.65. The summed E-state index contributed by atoms with van der Waals surface area (Å²) < 4.78 is 0. The van der Waals surface area contributed by atoms with E-state index >= 15 is 0 Å². The maximum absolute atomic E-state index is 3.65. The lowest BCUT2D eigenvalue weighted by Gasteiger charge is -2.41. The second kappa shape index (κ2) is 6.75. The summed E-state index contributed by atoms with van der Waals surface area (Å²) in [5.41, 5.74) is 0.674. The molecule has 1 unspecified atom stereocenters. The average Bonchev–Trinajstić information content (AvgIpc) is 2.14. The van der Waals surface area contributed by atoms with Gasteiger partial charge in [0.05, 0.1) is 0 Å². The van der Waals surface area contributed by atoms with Gasteiger partial charge in [0.25, 0.3) is 0 Å². The van der Waals surface area contributed by atoms with Crippen molar-refractivity contribution in [2.75, 3.05) is 20.6 Å². The fourth-order valence-corrected chi connectivity index (χ4v) is 2.10. The van der Waals surface area contributed by atoms with E-state index in [1.165, 1.54) is 19.3 Å². The van der Waals surface area contributed by atoms with Crippen LogP contribution in [0.15, 0.2) is 0 Å². The SMILES string of the molecule is CCNC(CCCC(C)(C)C)C(C)(C)N(C)C. The van der Waals surface area contributed by atoms with Gasteiger partial charge in [0.15, 0.2) is 0 Å². The highest BCUT2D eigenvalue weighted by Gasteiger charge is 2.30. The Morgan fingerprint density at radius 2 is 1.59 bits per heavy atom. The highest BCUT2D eigenvalue weighted by atomic mass is 15.2. The summed E-state index contributed by atoms with van der Waals surface area (Å²) in [4.78, 5) is 2.33. The van der Waals surface area contributed by atoms with Gasteiger partial charge in [-0.3, -0.25) is 0 Å². The Labute approximate surface area is 109 Å². The topological polar surface area (TPSA) is 15.3 Å². The summed E-state index contributed by atoms with van der Waals surface area (Å²) in [7, 11) is 4.35. The van der Waals surface area contributed by atoms with Crippen LogP contribution in [0.1, 0.15) is 60.8 Å². The number of hydrogen-bond donors (Lipinski definition) is 1. The van der Waals surface area contributed by atoms with Gasteiger partial charge < -0.3 is 10.2 Å². The molecule has 0 aliphatic carbocycles. The molecule has 0 heterocycles. The van der Waals surface area contributed by atoms with E-state index in [1.807, 2.05) is 0 Å². The third kappa shape index (κ3) is 6.42. The van der Waals surface area contributed by atoms with Crippen molar-refractivity contribution in [2.24, 2.45) is 5.41 Å². The molecule has 0 radical (unpaired) electrons. The lowest BCUT2D eigenvalue weighted by atomic mass is 9.84. The summed E-state index contributed by atoms with van der Waals surface area (Å²) >= 11 is 0. The summed E-state index contributed by atoms with van der Waals surface area (Å²) in [6, 6.07) is 0.574. The van der Waals surface area contributed by atoms with Crippen LogP contribution in [0.5, 0.6) is 0 Å². The summed E-state index contributed by atoms with van der Waals surface area (Å²) in [6.45, 7) is 14.9. The highest BCUT2D eigenvalue weighted by molar-refractivity contribution is 4.91. The van der Waals surface area contributed by atoms with E-state index in [1.54, 1.807) is 0 Å². The smallest absolute Gasteiger partial charge is 0.0300 e. The van der Waals surface area contributed by atoms with Crippen molar-refractivity contribution in [3.63, 3.8) is 0 Å². The lowest BCUT2D eigenvalue weighted by Crippen LogP contribution is -2.55. The molecule has 2 heteroatoms. The minimum atomic E-state index is 0.216. The first-order chi connectivity index (χ1) is 7.61. The average molecular weight is 242 g/mol. The van der Waals surface area contributed by atoms with Crippen molar-refractivity contribution in [1.82, 2.24) is 10.2 Å². The van der Waals surface area contributed by atoms with Crippen molar-refractivity contribution < 1.29 is 0 Å². The van der Waals surface area contributed by atoms with Gasteiger partial charge in [-0.05, 0) is 52.7 Å². The monoisotopic (exact) mass is 242 g/mol. The zero-order chi connectivity index (χ0) is 13.7. The number of nitrogens with zero attached hydrogens (tertiary/aromatic N) is 1. The second-order valence-electron chi connectivity index (χ2n) is 7.11.